The molecule has 0 saturated carbocycles. The quantitative estimate of drug-likeness (QED) is 0.725. The van der Waals surface area contributed by atoms with Crippen LogP contribution in [0.25, 0.3) is 22.3 Å². The van der Waals surface area contributed by atoms with Gasteiger partial charge in [0.2, 0.25) is 0 Å². The highest BCUT2D eigenvalue weighted by Gasteiger charge is 2.10. The average Bonchev–Trinajstić information content (AvgIpc) is 2.97. The van der Waals surface area contributed by atoms with E-state index in [0.717, 1.165) is 27.9 Å². The van der Waals surface area contributed by atoms with Crippen LogP contribution < -0.4 is 0 Å². The zero-order valence-corrected chi connectivity index (χ0v) is 12.6. The number of benzene rings is 2. The van der Waals surface area contributed by atoms with Gasteiger partial charge in [-0.25, -0.2) is 0 Å². The van der Waals surface area contributed by atoms with Crippen molar-refractivity contribution in [3.63, 3.8) is 0 Å². The molecule has 23 heavy (non-hydrogen) atoms. The number of fused-ring (bicyclic) bond motifs is 1. The van der Waals surface area contributed by atoms with E-state index >= 15 is 0 Å². The molecule has 3 aromatic rings. The molecule has 0 fully saturated rings. The number of furan rings is 1. The van der Waals surface area contributed by atoms with Gasteiger partial charge in [-0.3, -0.25) is 4.79 Å². The minimum Gasteiger partial charge on any atom is -0.481 e. The van der Waals surface area contributed by atoms with Crippen LogP contribution in [0, 0.1) is 0 Å². The molecule has 0 saturated heterocycles. The molecular formula is C19H18O4. The second-order valence-electron chi connectivity index (χ2n) is 5.64. The van der Waals surface area contributed by atoms with E-state index < -0.39 is 12.1 Å². The number of para-hydroxylation sites is 1. The number of carboxylic acids is 1. The molecule has 0 aliphatic rings. The highest BCUT2D eigenvalue weighted by molar-refractivity contribution is 5.82. The van der Waals surface area contributed by atoms with E-state index in [9.17, 15) is 9.90 Å². The van der Waals surface area contributed by atoms with Crippen LogP contribution in [0.15, 0.2) is 59.0 Å². The summed E-state index contributed by atoms with van der Waals surface area (Å²) < 4.78 is 5.83. The third kappa shape index (κ3) is 3.79. The van der Waals surface area contributed by atoms with Gasteiger partial charge in [-0.2, -0.15) is 0 Å². The summed E-state index contributed by atoms with van der Waals surface area (Å²) in [5, 5.41) is 19.3. The summed E-state index contributed by atoms with van der Waals surface area (Å²) >= 11 is 0. The number of hydrogen-bond acceptors (Lipinski definition) is 3. The summed E-state index contributed by atoms with van der Waals surface area (Å²) in [6, 6.07) is 17.8. The normalized spacial score (nSPS) is 12.4. The van der Waals surface area contributed by atoms with Crippen LogP contribution in [0.1, 0.15) is 18.4 Å². The number of carboxylic acid groups (broad SMARTS) is 1. The van der Waals surface area contributed by atoms with Crippen molar-refractivity contribution in [1.82, 2.24) is 0 Å². The second-order valence-corrected chi connectivity index (χ2v) is 5.64. The fourth-order valence-electron chi connectivity index (χ4n) is 2.60. The van der Waals surface area contributed by atoms with Crippen molar-refractivity contribution in [3.8, 4) is 11.3 Å². The Labute approximate surface area is 134 Å². The molecule has 2 N–H and O–H groups in total. The van der Waals surface area contributed by atoms with E-state index in [1.54, 1.807) is 0 Å². The molecule has 1 aromatic heterocycles. The third-order valence-electron chi connectivity index (χ3n) is 3.84. The Kier molecular flexibility index (Phi) is 4.44. The van der Waals surface area contributed by atoms with E-state index in [4.69, 9.17) is 9.52 Å². The Morgan fingerprint density at radius 2 is 1.83 bits per heavy atom. The first-order valence-electron chi connectivity index (χ1n) is 7.59. The van der Waals surface area contributed by atoms with Crippen molar-refractivity contribution < 1.29 is 19.4 Å². The lowest BCUT2D eigenvalue weighted by molar-refractivity contribution is -0.139. The molecule has 2 aromatic carbocycles. The van der Waals surface area contributed by atoms with Gasteiger partial charge in [0.1, 0.15) is 11.3 Å². The second kappa shape index (κ2) is 6.67. The SMILES string of the molecule is O=C(O)CC(O)CCc1ccc(-c2cc3ccccc3o2)cc1. The van der Waals surface area contributed by atoms with Gasteiger partial charge in [0.25, 0.3) is 0 Å². The number of carbonyl (C=O) groups is 1. The molecule has 118 valence electrons. The Morgan fingerprint density at radius 1 is 1.09 bits per heavy atom. The predicted molar refractivity (Wildman–Crippen MR) is 88.2 cm³/mol. The highest BCUT2D eigenvalue weighted by Crippen LogP contribution is 2.28. The fraction of sp³-hybridized carbons (Fsp3) is 0.211. The van der Waals surface area contributed by atoms with Gasteiger partial charge >= 0.3 is 5.97 Å². The number of aryl methyl sites for hydroxylation is 1. The minimum absolute atomic E-state index is 0.211. The fourth-order valence-corrected chi connectivity index (χ4v) is 2.60. The summed E-state index contributed by atoms with van der Waals surface area (Å²) in [6.45, 7) is 0. The van der Waals surface area contributed by atoms with Gasteiger partial charge in [0.05, 0.1) is 12.5 Å². The molecule has 4 nitrogen and oxygen atoms in total. The number of aliphatic carboxylic acids is 1. The van der Waals surface area contributed by atoms with Crippen LogP contribution >= 0.6 is 0 Å². The van der Waals surface area contributed by atoms with Crippen LogP contribution in [0.4, 0.5) is 0 Å². The molecule has 1 atom stereocenters. The average molecular weight is 310 g/mol. The van der Waals surface area contributed by atoms with Crippen molar-refractivity contribution >= 4 is 16.9 Å². The topological polar surface area (TPSA) is 70.7 Å². The molecule has 0 amide bonds. The van der Waals surface area contributed by atoms with Crippen LogP contribution in [0.5, 0.6) is 0 Å². The Balaban J connectivity index is 1.68. The standard InChI is InChI=1S/C19H18O4/c20-16(12-19(21)22)10-7-13-5-8-14(9-6-13)18-11-15-3-1-2-4-17(15)23-18/h1-6,8-9,11,16,20H,7,10,12H2,(H,21,22). The third-order valence-corrected chi connectivity index (χ3v) is 3.84. The van der Waals surface area contributed by atoms with E-state index in [0.29, 0.717) is 12.8 Å². The van der Waals surface area contributed by atoms with Gasteiger partial charge in [0, 0.05) is 10.9 Å². The number of hydrogen-bond donors (Lipinski definition) is 2. The zero-order chi connectivity index (χ0) is 16.2. The monoisotopic (exact) mass is 310 g/mol. The van der Waals surface area contributed by atoms with Crippen LogP contribution in [-0.2, 0) is 11.2 Å². The molecule has 4 heteroatoms. The van der Waals surface area contributed by atoms with E-state index in [1.165, 1.54) is 0 Å². The largest absolute Gasteiger partial charge is 0.481 e. The van der Waals surface area contributed by atoms with Crippen LogP contribution in [0.2, 0.25) is 0 Å². The van der Waals surface area contributed by atoms with Crippen molar-refractivity contribution in [1.29, 1.82) is 0 Å². The summed E-state index contributed by atoms with van der Waals surface area (Å²) in [4.78, 5) is 10.5. The van der Waals surface area contributed by atoms with Crippen LogP contribution in [0.3, 0.4) is 0 Å². The maximum Gasteiger partial charge on any atom is 0.305 e. The maximum absolute atomic E-state index is 10.5. The number of rotatable bonds is 6. The molecular weight excluding hydrogens is 292 g/mol. The number of aliphatic hydroxyl groups excluding tert-OH is 1. The molecule has 0 aliphatic carbocycles. The molecule has 0 radical (unpaired) electrons. The first-order valence-corrected chi connectivity index (χ1v) is 7.59. The van der Waals surface area contributed by atoms with Crippen molar-refractivity contribution in [2.75, 3.05) is 0 Å². The lowest BCUT2D eigenvalue weighted by Crippen LogP contribution is -2.13. The lowest BCUT2D eigenvalue weighted by atomic mass is 10.0. The van der Waals surface area contributed by atoms with Gasteiger partial charge in [0.15, 0.2) is 0 Å². The van der Waals surface area contributed by atoms with Gasteiger partial charge < -0.3 is 14.6 Å². The Morgan fingerprint density at radius 3 is 2.52 bits per heavy atom. The molecule has 0 spiro atoms. The van der Waals surface area contributed by atoms with Crippen LogP contribution in [-0.4, -0.2) is 22.3 Å². The zero-order valence-electron chi connectivity index (χ0n) is 12.6. The molecule has 0 bridgehead atoms. The summed E-state index contributed by atoms with van der Waals surface area (Å²) in [6.07, 6.45) is 0.0740. The smallest absolute Gasteiger partial charge is 0.305 e. The summed E-state index contributed by atoms with van der Waals surface area (Å²) in [7, 11) is 0. The molecule has 1 unspecified atom stereocenters. The van der Waals surface area contributed by atoms with E-state index in [1.807, 2.05) is 54.6 Å². The number of aliphatic hydroxyl groups is 1. The van der Waals surface area contributed by atoms with Crippen molar-refractivity contribution in [2.45, 2.75) is 25.4 Å². The van der Waals surface area contributed by atoms with E-state index in [2.05, 4.69) is 0 Å². The molecule has 0 aliphatic heterocycles. The van der Waals surface area contributed by atoms with E-state index in [-0.39, 0.29) is 6.42 Å². The van der Waals surface area contributed by atoms with Crippen molar-refractivity contribution in [2.24, 2.45) is 0 Å². The maximum atomic E-state index is 10.5. The lowest BCUT2D eigenvalue weighted by Gasteiger charge is -2.08. The van der Waals surface area contributed by atoms with Gasteiger partial charge in [-0.05, 0) is 30.5 Å². The Hall–Kier alpha value is -2.59. The first kappa shape index (κ1) is 15.3. The van der Waals surface area contributed by atoms with Crippen molar-refractivity contribution in [3.05, 3.63) is 60.2 Å². The first-order chi connectivity index (χ1) is 11.1. The van der Waals surface area contributed by atoms with Gasteiger partial charge in [-0.1, -0.05) is 42.5 Å². The summed E-state index contributed by atoms with van der Waals surface area (Å²) in [5.41, 5.74) is 2.92. The molecule has 1 heterocycles. The predicted octanol–water partition coefficient (Wildman–Crippen LogP) is 3.87. The van der Waals surface area contributed by atoms with Gasteiger partial charge in [-0.15, -0.1) is 0 Å². The minimum atomic E-state index is -0.974. The highest BCUT2D eigenvalue weighted by atomic mass is 16.4. The Bertz CT molecular complexity index is 769. The summed E-state index contributed by atoms with van der Waals surface area (Å²) in [5.74, 6) is -0.151. The molecule has 3 rings (SSSR count).